The van der Waals surface area contributed by atoms with Gasteiger partial charge in [0.2, 0.25) is 0 Å². The van der Waals surface area contributed by atoms with Crippen LogP contribution in [-0.2, 0) is 4.57 Å². The Kier molecular flexibility index (Phi) is 14.4. The molecule has 0 aliphatic heterocycles. The first-order valence-electron chi connectivity index (χ1n) is 7.49. The second-order valence-electron chi connectivity index (χ2n) is 5.03. The molecule has 0 aromatic heterocycles. The van der Waals surface area contributed by atoms with Gasteiger partial charge in [0.1, 0.15) is 0 Å². The van der Waals surface area contributed by atoms with Gasteiger partial charge in [-0.3, -0.25) is 4.57 Å². The summed E-state index contributed by atoms with van der Waals surface area (Å²) >= 11 is 0. The smallest absolute Gasteiger partial charge is 0.189 e. The predicted octanol–water partition coefficient (Wildman–Crippen LogP) is 5.15. The van der Waals surface area contributed by atoms with Gasteiger partial charge in [-0.25, -0.2) is 0 Å². The highest BCUT2D eigenvalue weighted by molar-refractivity contribution is 7.37. The van der Waals surface area contributed by atoms with Crippen molar-refractivity contribution >= 4 is 8.03 Å². The topological polar surface area (TPSA) is 37.3 Å². The van der Waals surface area contributed by atoms with Gasteiger partial charge >= 0.3 is 0 Å². The molecule has 0 fully saturated rings. The lowest BCUT2D eigenvalue weighted by Gasteiger charge is -2.02. The van der Waals surface area contributed by atoms with Crippen LogP contribution in [0.3, 0.4) is 0 Å². The lowest BCUT2D eigenvalue weighted by Crippen LogP contribution is -1.83. The minimum absolute atomic E-state index is 0.530. The second-order valence-corrected chi connectivity index (χ2v) is 6.32. The zero-order valence-electron chi connectivity index (χ0n) is 11.5. The van der Waals surface area contributed by atoms with Crippen molar-refractivity contribution in [1.82, 2.24) is 0 Å². The first-order chi connectivity index (χ1) is 8.27. The summed E-state index contributed by atoms with van der Waals surface area (Å²) in [6.45, 7) is 2.26. The number of hydrogen-bond acceptors (Lipinski definition) is 1. The van der Waals surface area contributed by atoms with Gasteiger partial charge in [-0.15, -0.1) is 0 Å². The van der Waals surface area contributed by atoms with Crippen molar-refractivity contribution in [2.75, 3.05) is 6.16 Å². The van der Waals surface area contributed by atoms with E-state index in [1.54, 1.807) is 0 Å². The molecule has 0 bridgehead atoms. The van der Waals surface area contributed by atoms with E-state index in [1.165, 1.54) is 64.2 Å². The minimum Gasteiger partial charge on any atom is -0.346 e. The Balaban J connectivity index is 2.91. The molecule has 0 aromatic rings. The fraction of sp³-hybridized carbons (Fsp3) is 1.00. The van der Waals surface area contributed by atoms with Gasteiger partial charge in [-0.1, -0.05) is 77.6 Å². The van der Waals surface area contributed by atoms with Crippen molar-refractivity contribution in [2.24, 2.45) is 0 Å². The van der Waals surface area contributed by atoms with Crippen molar-refractivity contribution in [3.05, 3.63) is 0 Å². The van der Waals surface area contributed by atoms with Gasteiger partial charge in [-0.05, 0) is 6.42 Å². The molecule has 0 spiro atoms. The third-order valence-electron chi connectivity index (χ3n) is 3.24. The van der Waals surface area contributed by atoms with E-state index in [0.717, 1.165) is 12.8 Å². The molecule has 1 atom stereocenters. The summed E-state index contributed by atoms with van der Waals surface area (Å²) in [5.41, 5.74) is 0. The molecule has 0 aliphatic rings. The SMILES string of the molecule is CCCCCCCCCCCCCC[PH](=O)O. The van der Waals surface area contributed by atoms with Crippen molar-refractivity contribution in [3.8, 4) is 0 Å². The molecule has 3 heteroatoms. The summed E-state index contributed by atoms with van der Waals surface area (Å²) in [5.74, 6) is 0. The maximum Gasteiger partial charge on any atom is 0.189 e. The van der Waals surface area contributed by atoms with Crippen LogP contribution in [0.25, 0.3) is 0 Å². The van der Waals surface area contributed by atoms with Crippen LogP contribution in [0.4, 0.5) is 0 Å². The van der Waals surface area contributed by atoms with E-state index in [9.17, 15) is 4.57 Å². The van der Waals surface area contributed by atoms with Crippen LogP contribution in [0, 0.1) is 0 Å². The van der Waals surface area contributed by atoms with Crippen LogP contribution >= 0.6 is 8.03 Å². The van der Waals surface area contributed by atoms with Crippen LogP contribution in [-0.4, -0.2) is 11.1 Å². The molecule has 0 saturated heterocycles. The van der Waals surface area contributed by atoms with Gasteiger partial charge in [0.05, 0.1) is 0 Å². The minimum atomic E-state index is -2.20. The zero-order chi connectivity index (χ0) is 12.8. The fourth-order valence-corrected chi connectivity index (χ4v) is 2.67. The molecular formula is C14H31O2P. The lowest BCUT2D eigenvalue weighted by atomic mass is 10.1. The van der Waals surface area contributed by atoms with E-state index in [2.05, 4.69) is 6.92 Å². The highest BCUT2D eigenvalue weighted by Crippen LogP contribution is 2.17. The Morgan fingerprint density at radius 3 is 1.41 bits per heavy atom. The maximum absolute atomic E-state index is 10.5. The standard InChI is InChI=1S/C14H31O2P/c1-2-3-4-5-6-7-8-9-10-11-12-13-14-17(15)16/h17H,2-14H2,1H3,(H,15,16). The van der Waals surface area contributed by atoms with Gasteiger partial charge in [0.15, 0.2) is 8.03 Å². The molecule has 1 unspecified atom stereocenters. The van der Waals surface area contributed by atoms with E-state index < -0.39 is 8.03 Å². The maximum atomic E-state index is 10.5. The molecule has 1 N–H and O–H groups in total. The predicted molar refractivity (Wildman–Crippen MR) is 77.2 cm³/mol. The fourth-order valence-electron chi connectivity index (χ4n) is 2.12. The Morgan fingerprint density at radius 1 is 0.706 bits per heavy atom. The third-order valence-corrected chi connectivity index (χ3v) is 4.03. The van der Waals surface area contributed by atoms with E-state index in [-0.39, 0.29) is 0 Å². The largest absolute Gasteiger partial charge is 0.346 e. The average Bonchev–Trinajstić information content (AvgIpc) is 2.30. The normalized spacial score (nSPS) is 12.8. The molecule has 104 valence electrons. The van der Waals surface area contributed by atoms with Crippen LogP contribution in [0.1, 0.15) is 84.0 Å². The van der Waals surface area contributed by atoms with E-state index in [4.69, 9.17) is 4.89 Å². The van der Waals surface area contributed by atoms with Gasteiger partial charge in [-0.2, -0.15) is 0 Å². The Morgan fingerprint density at radius 2 is 1.06 bits per heavy atom. The summed E-state index contributed by atoms with van der Waals surface area (Å²) in [5, 5.41) is 0. The molecule has 2 nitrogen and oxygen atoms in total. The first-order valence-corrected chi connectivity index (χ1v) is 9.05. The van der Waals surface area contributed by atoms with Crippen LogP contribution < -0.4 is 0 Å². The molecule has 0 rings (SSSR count). The molecule has 0 heterocycles. The molecule has 0 amide bonds. The first kappa shape index (κ1) is 17.2. The summed E-state index contributed by atoms with van der Waals surface area (Å²) in [4.78, 5) is 8.66. The number of unbranched alkanes of at least 4 members (excludes halogenated alkanes) is 11. The summed E-state index contributed by atoms with van der Waals surface area (Å²) in [6.07, 6.45) is 16.2. The van der Waals surface area contributed by atoms with E-state index >= 15 is 0 Å². The Hall–Kier alpha value is 0.190. The summed E-state index contributed by atoms with van der Waals surface area (Å²) in [6, 6.07) is 0. The molecule has 17 heavy (non-hydrogen) atoms. The van der Waals surface area contributed by atoms with Crippen molar-refractivity contribution < 1.29 is 9.46 Å². The third kappa shape index (κ3) is 16.2. The van der Waals surface area contributed by atoms with E-state index in [0.29, 0.717) is 6.16 Å². The van der Waals surface area contributed by atoms with Crippen LogP contribution in [0.15, 0.2) is 0 Å². The quantitative estimate of drug-likeness (QED) is 0.368. The second kappa shape index (κ2) is 14.3. The highest BCUT2D eigenvalue weighted by Gasteiger charge is 1.95. The van der Waals surface area contributed by atoms with Crippen molar-refractivity contribution in [2.45, 2.75) is 84.0 Å². The number of rotatable bonds is 13. The van der Waals surface area contributed by atoms with Gasteiger partial charge < -0.3 is 4.89 Å². The van der Waals surface area contributed by atoms with Gasteiger partial charge in [0, 0.05) is 6.16 Å². The van der Waals surface area contributed by atoms with Crippen molar-refractivity contribution in [1.29, 1.82) is 0 Å². The Bertz CT molecular complexity index is 172. The number of hydrogen-bond donors (Lipinski definition) is 1. The lowest BCUT2D eigenvalue weighted by molar-refractivity contribution is 0.498. The van der Waals surface area contributed by atoms with Crippen molar-refractivity contribution in [3.63, 3.8) is 0 Å². The molecule has 0 aromatic carbocycles. The highest BCUT2D eigenvalue weighted by atomic mass is 31.1. The summed E-state index contributed by atoms with van der Waals surface area (Å²) < 4.78 is 10.5. The van der Waals surface area contributed by atoms with E-state index in [1.807, 2.05) is 0 Å². The summed E-state index contributed by atoms with van der Waals surface area (Å²) in [7, 11) is -2.20. The van der Waals surface area contributed by atoms with Crippen LogP contribution in [0.2, 0.25) is 0 Å². The molecule has 0 aliphatic carbocycles. The average molecular weight is 262 g/mol. The van der Waals surface area contributed by atoms with Crippen LogP contribution in [0.5, 0.6) is 0 Å². The molecule has 0 radical (unpaired) electrons. The molecule has 0 saturated carbocycles. The Labute approximate surface area is 108 Å². The monoisotopic (exact) mass is 262 g/mol. The zero-order valence-corrected chi connectivity index (χ0v) is 12.5. The molecular weight excluding hydrogens is 231 g/mol. The van der Waals surface area contributed by atoms with Gasteiger partial charge in [0.25, 0.3) is 0 Å².